The number of imidazole rings is 1. The molecule has 0 aliphatic carbocycles. The number of likely N-dealkylation sites (tertiary alicyclic amines) is 1. The first kappa shape index (κ1) is 17.1. The van der Waals surface area contributed by atoms with Gasteiger partial charge in [-0.1, -0.05) is 6.07 Å². The quantitative estimate of drug-likeness (QED) is 0.718. The fraction of sp³-hybridized carbons (Fsp3) is 0.353. The predicted molar refractivity (Wildman–Crippen MR) is 94.4 cm³/mol. The van der Waals surface area contributed by atoms with Gasteiger partial charge in [-0.3, -0.25) is 14.1 Å². The number of piperidine rings is 1. The summed E-state index contributed by atoms with van der Waals surface area (Å²) in [7, 11) is 0. The Balaban J connectivity index is 1.41. The van der Waals surface area contributed by atoms with E-state index in [4.69, 9.17) is 0 Å². The molecule has 2 atom stereocenters. The van der Waals surface area contributed by atoms with Gasteiger partial charge in [0.25, 0.3) is 5.91 Å². The number of thiazole rings is 1. The number of hydrogen-bond donors (Lipinski definition) is 2. The van der Waals surface area contributed by atoms with Crippen LogP contribution in [0.25, 0.3) is 5.65 Å². The van der Waals surface area contributed by atoms with Crippen molar-refractivity contribution in [2.45, 2.75) is 25.1 Å². The second-order valence-electron chi connectivity index (χ2n) is 6.33. The Bertz CT molecular complexity index is 913. The predicted octanol–water partition coefficient (Wildman–Crippen LogP) is 1.30. The molecule has 0 radical (unpaired) electrons. The number of amides is 1. The molecule has 26 heavy (non-hydrogen) atoms. The number of hydrogen-bond acceptors (Lipinski definition) is 6. The summed E-state index contributed by atoms with van der Waals surface area (Å²) in [5.41, 5.74) is 2.86. The summed E-state index contributed by atoms with van der Waals surface area (Å²) in [6, 6.07) is 4.59. The summed E-state index contributed by atoms with van der Waals surface area (Å²) >= 11 is 1.54. The number of carbonyl (C=O) groups is 1. The minimum absolute atomic E-state index is 0.256. The smallest absolute Gasteiger partial charge is 0.274 e. The maximum Gasteiger partial charge on any atom is 0.274 e. The van der Waals surface area contributed by atoms with Crippen LogP contribution >= 0.6 is 11.3 Å². The number of carbonyl (C=O) groups excluding carboxylic acids is 1. The number of aliphatic hydroxyl groups is 1. The van der Waals surface area contributed by atoms with E-state index in [0.29, 0.717) is 31.7 Å². The summed E-state index contributed by atoms with van der Waals surface area (Å²) < 4.78 is 15.6. The monoisotopic (exact) mass is 375 g/mol. The molecular weight excluding hydrogens is 357 g/mol. The molecule has 1 aliphatic heterocycles. The number of rotatable bonds is 4. The average molecular weight is 375 g/mol. The third-order valence-corrected chi connectivity index (χ3v) is 5.17. The molecule has 9 heteroatoms. The Morgan fingerprint density at radius 3 is 3.08 bits per heavy atom. The number of aromatic nitrogens is 3. The Labute approximate surface area is 153 Å². The summed E-state index contributed by atoms with van der Waals surface area (Å²) in [5, 5.41) is 15.1. The van der Waals surface area contributed by atoms with Crippen molar-refractivity contribution in [3.63, 3.8) is 0 Å². The normalized spacial score (nSPS) is 21.2. The topological polar surface area (TPSA) is 82.8 Å². The maximum absolute atomic E-state index is 14.4. The maximum atomic E-state index is 14.4. The zero-order valence-corrected chi connectivity index (χ0v) is 14.7. The standard InChI is InChI=1S/C17H18FN5O2S/c18-16-15(21-14-3-1-2-5-23(14)16)17(25)20-12-4-6-22(8-13(12)24)7-11-9-26-10-19-11/h1-3,5,9-10,12-13,24H,4,6-8H2,(H,20,25)/t12-,13-/m0/s1. The molecule has 0 aromatic carbocycles. The third-order valence-electron chi connectivity index (χ3n) is 4.54. The van der Waals surface area contributed by atoms with Crippen molar-refractivity contribution in [2.75, 3.05) is 13.1 Å². The molecule has 0 spiro atoms. The van der Waals surface area contributed by atoms with Crippen molar-refractivity contribution in [3.05, 3.63) is 52.6 Å². The van der Waals surface area contributed by atoms with Crippen LogP contribution in [0.1, 0.15) is 22.6 Å². The van der Waals surface area contributed by atoms with Crippen LogP contribution < -0.4 is 5.32 Å². The number of halogens is 1. The largest absolute Gasteiger partial charge is 0.390 e. The lowest BCUT2D eigenvalue weighted by Gasteiger charge is -2.35. The van der Waals surface area contributed by atoms with Crippen molar-refractivity contribution in [3.8, 4) is 0 Å². The van der Waals surface area contributed by atoms with Crippen molar-refractivity contribution in [1.82, 2.24) is 24.6 Å². The summed E-state index contributed by atoms with van der Waals surface area (Å²) in [6.45, 7) is 1.81. The molecular formula is C17H18FN5O2S. The van der Waals surface area contributed by atoms with Gasteiger partial charge in [-0.15, -0.1) is 11.3 Å². The third kappa shape index (κ3) is 3.33. The van der Waals surface area contributed by atoms with Crippen molar-refractivity contribution < 1.29 is 14.3 Å². The first-order valence-electron chi connectivity index (χ1n) is 8.33. The number of fused-ring (bicyclic) bond motifs is 1. The van der Waals surface area contributed by atoms with E-state index in [9.17, 15) is 14.3 Å². The van der Waals surface area contributed by atoms with Crippen LogP contribution in [0.4, 0.5) is 4.39 Å². The zero-order valence-electron chi connectivity index (χ0n) is 13.9. The van der Waals surface area contributed by atoms with Gasteiger partial charge >= 0.3 is 0 Å². The van der Waals surface area contributed by atoms with Crippen LogP contribution in [-0.4, -0.2) is 55.5 Å². The molecule has 0 saturated carbocycles. The molecule has 1 fully saturated rings. The molecule has 136 valence electrons. The lowest BCUT2D eigenvalue weighted by Crippen LogP contribution is -2.53. The summed E-state index contributed by atoms with van der Waals surface area (Å²) in [5.74, 6) is -1.31. The number of aliphatic hydroxyl groups excluding tert-OH is 1. The molecule has 3 aromatic rings. The number of nitrogens with zero attached hydrogens (tertiary/aromatic N) is 4. The van der Waals surface area contributed by atoms with E-state index in [0.717, 1.165) is 5.69 Å². The fourth-order valence-corrected chi connectivity index (χ4v) is 3.75. The number of pyridine rings is 1. The highest BCUT2D eigenvalue weighted by Crippen LogP contribution is 2.16. The molecule has 7 nitrogen and oxygen atoms in total. The highest BCUT2D eigenvalue weighted by molar-refractivity contribution is 7.07. The second-order valence-corrected chi connectivity index (χ2v) is 7.05. The van der Waals surface area contributed by atoms with Crippen molar-refractivity contribution in [2.24, 2.45) is 0 Å². The van der Waals surface area contributed by atoms with Gasteiger partial charge in [-0.25, -0.2) is 9.97 Å². The Hall–Kier alpha value is -2.36. The molecule has 0 bridgehead atoms. The molecule has 1 amide bonds. The van der Waals surface area contributed by atoms with Gasteiger partial charge in [-0.2, -0.15) is 4.39 Å². The van der Waals surface area contributed by atoms with Gasteiger partial charge < -0.3 is 10.4 Å². The number of nitrogens with one attached hydrogen (secondary N) is 1. The van der Waals surface area contributed by atoms with Gasteiger partial charge in [-0.05, 0) is 18.6 Å². The fourth-order valence-electron chi connectivity index (χ4n) is 3.20. The minimum atomic E-state index is -0.730. The van der Waals surface area contributed by atoms with E-state index in [1.54, 1.807) is 23.7 Å². The lowest BCUT2D eigenvalue weighted by atomic mass is 10.0. The van der Waals surface area contributed by atoms with Crippen molar-refractivity contribution >= 4 is 22.9 Å². The van der Waals surface area contributed by atoms with E-state index < -0.39 is 24.0 Å². The Morgan fingerprint density at radius 2 is 2.35 bits per heavy atom. The zero-order chi connectivity index (χ0) is 18.1. The molecule has 4 heterocycles. The molecule has 0 unspecified atom stereocenters. The van der Waals surface area contributed by atoms with E-state index in [-0.39, 0.29) is 5.69 Å². The highest BCUT2D eigenvalue weighted by Gasteiger charge is 2.30. The highest BCUT2D eigenvalue weighted by atomic mass is 32.1. The minimum Gasteiger partial charge on any atom is -0.390 e. The summed E-state index contributed by atoms with van der Waals surface area (Å²) in [6.07, 6.45) is 1.36. The number of β-amino-alcohol motifs (C(OH)–C–C–N with tert-alkyl or cyclic N) is 1. The van der Waals surface area contributed by atoms with E-state index >= 15 is 0 Å². The van der Waals surface area contributed by atoms with Crippen LogP contribution in [0.5, 0.6) is 0 Å². The van der Waals surface area contributed by atoms with Gasteiger partial charge in [0.15, 0.2) is 5.69 Å². The molecule has 1 aliphatic rings. The van der Waals surface area contributed by atoms with Crippen molar-refractivity contribution in [1.29, 1.82) is 0 Å². The Morgan fingerprint density at radius 1 is 1.46 bits per heavy atom. The average Bonchev–Trinajstić information content (AvgIpc) is 3.26. The van der Waals surface area contributed by atoms with E-state index in [1.807, 2.05) is 5.38 Å². The lowest BCUT2D eigenvalue weighted by molar-refractivity contribution is 0.0344. The van der Waals surface area contributed by atoms with Crippen LogP contribution in [0.3, 0.4) is 0 Å². The van der Waals surface area contributed by atoms with Crippen LogP contribution in [0.15, 0.2) is 35.3 Å². The van der Waals surface area contributed by atoms with Crippen LogP contribution in [-0.2, 0) is 6.54 Å². The molecule has 3 aromatic heterocycles. The Kier molecular flexibility index (Phi) is 4.66. The van der Waals surface area contributed by atoms with Gasteiger partial charge in [0.2, 0.25) is 5.95 Å². The van der Waals surface area contributed by atoms with E-state index in [1.165, 1.54) is 21.9 Å². The molecule has 1 saturated heterocycles. The first-order chi connectivity index (χ1) is 12.6. The van der Waals surface area contributed by atoms with Gasteiger partial charge in [0, 0.05) is 31.2 Å². The molecule has 4 rings (SSSR count). The first-order valence-corrected chi connectivity index (χ1v) is 9.27. The molecule has 2 N–H and O–H groups in total. The van der Waals surface area contributed by atoms with Gasteiger partial charge in [0.1, 0.15) is 5.65 Å². The van der Waals surface area contributed by atoms with E-state index in [2.05, 4.69) is 20.2 Å². The van der Waals surface area contributed by atoms with Crippen LogP contribution in [0.2, 0.25) is 0 Å². The summed E-state index contributed by atoms with van der Waals surface area (Å²) in [4.78, 5) is 22.8. The van der Waals surface area contributed by atoms with Crippen LogP contribution in [0, 0.1) is 5.95 Å². The SMILES string of the molecule is O=C(N[C@H]1CCN(Cc2cscn2)C[C@@H]1O)c1nc2ccccn2c1F. The second kappa shape index (κ2) is 7.10. The van der Waals surface area contributed by atoms with Gasteiger partial charge in [0.05, 0.1) is 23.4 Å².